The summed E-state index contributed by atoms with van der Waals surface area (Å²) in [6.45, 7) is 0. The van der Waals surface area contributed by atoms with Crippen molar-refractivity contribution >= 4 is 5.95 Å². The molecular weight excluding hydrogens is 144 g/mol. The summed E-state index contributed by atoms with van der Waals surface area (Å²) in [6, 6.07) is 0. The van der Waals surface area contributed by atoms with Gasteiger partial charge in [0.25, 0.3) is 5.09 Å². The Morgan fingerprint density at radius 1 is 1.80 bits per heavy atom. The molecule has 1 aromatic heterocycles. The van der Waals surface area contributed by atoms with Gasteiger partial charge in [-0.25, -0.2) is 5.10 Å². The van der Waals surface area contributed by atoms with E-state index in [0.717, 1.165) is 0 Å². The molecule has 0 saturated carbocycles. The number of tetrazole rings is 1. The van der Waals surface area contributed by atoms with E-state index in [1.165, 1.54) is 0 Å². The second-order valence-corrected chi connectivity index (χ2v) is 1.02. The molecular formula is CH4N6O3. The lowest BCUT2D eigenvalue weighted by molar-refractivity contribution is -0.742. The number of H-pyrrole nitrogens is 1. The summed E-state index contributed by atoms with van der Waals surface area (Å²) >= 11 is 0. The standard InChI is InChI=1S/CH3N5.HNO3/c2-1-3-5-6-4-1;2-1(3)4/h(H3,2,3,4,5,6);(H,2,3,4). The van der Waals surface area contributed by atoms with E-state index in [1.807, 2.05) is 0 Å². The van der Waals surface area contributed by atoms with Gasteiger partial charge in [0.1, 0.15) is 0 Å². The van der Waals surface area contributed by atoms with Crippen molar-refractivity contribution in [3.05, 3.63) is 10.1 Å². The Bertz CT molecular complexity index is 177. The van der Waals surface area contributed by atoms with E-state index < -0.39 is 5.09 Å². The Kier molecular flexibility index (Phi) is 3.23. The van der Waals surface area contributed by atoms with E-state index in [-0.39, 0.29) is 5.95 Å². The second-order valence-electron chi connectivity index (χ2n) is 1.02. The minimum absolute atomic E-state index is 0.245. The van der Waals surface area contributed by atoms with Crippen molar-refractivity contribution < 1.29 is 10.3 Å². The molecule has 0 aliphatic rings. The largest absolute Gasteiger partial charge is 0.367 e. The Labute approximate surface area is 54.0 Å². The molecule has 10 heavy (non-hydrogen) atoms. The molecule has 9 heteroatoms. The van der Waals surface area contributed by atoms with Gasteiger partial charge in [-0.05, 0) is 10.4 Å². The first-order valence-electron chi connectivity index (χ1n) is 1.95. The molecule has 0 atom stereocenters. The molecule has 0 saturated heterocycles. The molecule has 0 bridgehead atoms. The minimum atomic E-state index is -1.50. The third-order valence-corrected chi connectivity index (χ3v) is 0.362. The molecule has 0 unspecified atom stereocenters. The molecule has 9 nitrogen and oxygen atoms in total. The third-order valence-electron chi connectivity index (χ3n) is 0.362. The summed E-state index contributed by atoms with van der Waals surface area (Å²) in [5, 5.41) is 25.6. The maximum atomic E-state index is 8.36. The Morgan fingerprint density at radius 2 is 2.30 bits per heavy atom. The molecule has 4 N–H and O–H groups in total. The van der Waals surface area contributed by atoms with E-state index in [1.54, 1.807) is 0 Å². The highest BCUT2D eigenvalue weighted by atomic mass is 16.9. The van der Waals surface area contributed by atoms with Crippen molar-refractivity contribution in [1.29, 1.82) is 0 Å². The first-order chi connectivity index (χ1) is 4.63. The highest BCUT2D eigenvalue weighted by Gasteiger charge is 1.77. The third kappa shape index (κ3) is 6.07. The van der Waals surface area contributed by atoms with Gasteiger partial charge in [0.05, 0.1) is 0 Å². The van der Waals surface area contributed by atoms with Crippen LogP contribution in [0.15, 0.2) is 0 Å². The van der Waals surface area contributed by atoms with Gasteiger partial charge in [-0.3, -0.25) is 0 Å². The van der Waals surface area contributed by atoms with Crippen LogP contribution in [0.3, 0.4) is 0 Å². The Morgan fingerprint density at radius 3 is 2.40 bits per heavy atom. The average molecular weight is 148 g/mol. The van der Waals surface area contributed by atoms with Crippen LogP contribution < -0.4 is 5.73 Å². The lowest BCUT2D eigenvalue weighted by Gasteiger charge is -1.65. The molecule has 0 aliphatic heterocycles. The number of rotatable bonds is 0. The number of nitrogens with two attached hydrogens (primary N) is 1. The fourth-order valence-corrected chi connectivity index (χ4v) is 0.166. The SMILES string of the molecule is Nc1nnn[nH]1.O=[N+]([O-])O. The summed E-state index contributed by atoms with van der Waals surface area (Å²) in [6.07, 6.45) is 0. The van der Waals surface area contributed by atoms with Crippen LogP contribution in [0.4, 0.5) is 5.95 Å². The average Bonchev–Trinajstić information content (AvgIpc) is 2.15. The predicted molar refractivity (Wildman–Crippen MR) is 27.4 cm³/mol. The van der Waals surface area contributed by atoms with E-state index in [4.69, 9.17) is 21.1 Å². The summed E-state index contributed by atoms with van der Waals surface area (Å²) in [5.41, 5.74) is 4.99. The van der Waals surface area contributed by atoms with Crippen LogP contribution in [0, 0.1) is 10.1 Å². The van der Waals surface area contributed by atoms with Crippen molar-refractivity contribution in [2.45, 2.75) is 0 Å². The van der Waals surface area contributed by atoms with Crippen LogP contribution in [0.2, 0.25) is 0 Å². The highest BCUT2D eigenvalue weighted by molar-refractivity contribution is 5.05. The smallest absolute Gasteiger partial charge is 0.291 e. The summed E-state index contributed by atoms with van der Waals surface area (Å²) in [5.74, 6) is 0.245. The molecule has 56 valence electrons. The van der Waals surface area contributed by atoms with Gasteiger partial charge in [-0.2, -0.15) is 0 Å². The molecule has 0 aromatic carbocycles. The maximum Gasteiger partial charge on any atom is 0.291 e. The number of aromatic amines is 1. The molecule has 0 radical (unpaired) electrons. The lowest BCUT2D eigenvalue weighted by atomic mass is 11.2. The first-order valence-corrected chi connectivity index (χ1v) is 1.95. The minimum Gasteiger partial charge on any atom is -0.367 e. The molecule has 0 fully saturated rings. The van der Waals surface area contributed by atoms with Gasteiger partial charge in [-0.1, -0.05) is 5.10 Å². The zero-order valence-corrected chi connectivity index (χ0v) is 4.63. The number of nitrogens with one attached hydrogen (secondary N) is 1. The fourth-order valence-electron chi connectivity index (χ4n) is 0.166. The maximum absolute atomic E-state index is 8.36. The second kappa shape index (κ2) is 4.00. The normalized spacial score (nSPS) is 7.60. The van der Waals surface area contributed by atoms with Crippen molar-refractivity contribution in [3.63, 3.8) is 0 Å². The molecule has 1 aromatic rings. The fraction of sp³-hybridized carbons (Fsp3) is 0. The van der Waals surface area contributed by atoms with Crippen molar-refractivity contribution in [3.8, 4) is 0 Å². The number of hydrogen-bond acceptors (Lipinski definition) is 6. The van der Waals surface area contributed by atoms with Crippen LogP contribution >= 0.6 is 0 Å². The highest BCUT2D eigenvalue weighted by Crippen LogP contribution is 1.72. The van der Waals surface area contributed by atoms with Crippen LogP contribution in [-0.2, 0) is 0 Å². The monoisotopic (exact) mass is 148 g/mol. The summed E-state index contributed by atoms with van der Waals surface area (Å²) < 4.78 is 0. The van der Waals surface area contributed by atoms with Crippen molar-refractivity contribution in [2.75, 3.05) is 5.73 Å². The van der Waals surface area contributed by atoms with E-state index in [0.29, 0.717) is 0 Å². The number of anilines is 1. The van der Waals surface area contributed by atoms with E-state index >= 15 is 0 Å². The van der Waals surface area contributed by atoms with Gasteiger partial charge < -0.3 is 10.9 Å². The zero-order valence-electron chi connectivity index (χ0n) is 4.63. The number of hydrogen-bond donors (Lipinski definition) is 3. The quantitative estimate of drug-likeness (QED) is 0.297. The topological polar surface area (TPSA) is 144 Å². The van der Waals surface area contributed by atoms with Gasteiger partial charge in [0, 0.05) is 0 Å². The van der Waals surface area contributed by atoms with Gasteiger partial charge >= 0.3 is 0 Å². The van der Waals surface area contributed by atoms with Gasteiger partial charge in [-0.15, -0.1) is 10.1 Å². The van der Waals surface area contributed by atoms with Gasteiger partial charge in [0.2, 0.25) is 5.95 Å². The Balaban J connectivity index is 0.000000180. The van der Waals surface area contributed by atoms with Gasteiger partial charge in [0.15, 0.2) is 0 Å². The van der Waals surface area contributed by atoms with Crippen molar-refractivity contribution in [2.24, 2.45) is 0 Å². The molecule has 0 spiro atoms. The molecule has 0 amide bonds. The lowest BCUT2D eigenvalue weighted by Crippen LogP contribution is -1.84. The summed E-state index contributed by atoms with van der Waals surface area (Å²) in [4.78, 5) is 8.36. The van der Waals surface area contributed by atoms with E-state index in [2.05, 4.69) is 20.6 Å². The molecule has 1 rings (SSSR count). The summed E-state index contributed by atoms with van der Waals surface area (Å²) in [7, 11) is 0. The van der Waals surface area contributed by atoms with Crippen LogP contribution in [0.25, 0.3) is 0 Å². The number of nitrogens with zero attached hydrogens (tertiary/aromatic N) is 4. The molecule has 0 aliphatic carbocycles. The van der Waals surface area contributed by atoms with Crippen LogP contribution in [-0.4, -0.2) is 30.9 Å². The van der Waals surface area contributed by atoms with E-state index in [9.17, 15) is 0 Å². The van der Waals surface area contributed by atoms with Crippen LogP contribution in [0.1, 0.15) is 0 Å². The predicted octanol–water partition coefficient (Wildman–Crippen LogP) is -1.57. The number of aromatic nitrogens is 4. The molecule has 1 heterocycles. The number of nitrogen functional groups attached to an aromatic ring is 1. The zero-order chi connectivity index (χ0) is 7.98. The van der Waals surface area contributed by atoms with Crippen molar-refractivity contribution in [1.82, 2.24) is 20.6 Å². The van der Waals surface area contributed by atoms with Crippen LogP contribution in [0.5, 0.6) is 0 Å². The Hall–Kier alpha value is -1.93. The first kappa shape index (κ1) is 8.07.